The highest BCUT2D eigenvalue weighted by atomic mass is 32.2. The van der Waals surface area contributed by atoms with Gasteiger partial charge >= 0.3 is 0 Å². The van der Waals surface area contributed by atoms with Crippen LogP contribution in [0.2, 0.25) is 0 Å². The molecule has 0 saturated heterocycles. The summed E-state index contributed by atoms with van der Waals surface area (Å²) in [7, 11) is -4.34. The Kier molecular flexibility index (Phi) is 4.95. The summed E-state index contributed by atoms with van der Waals surface area (Å²) in [5.74, 6) is 1.09. The Morgan fingerprint density at radius 2 is 1.69 bits per heavy atom. The lowest BCUT2D eigenvalue weighted by Crippen LogP contribution is -2.04. The van der Waals surface area contributed by atoms with Crippen LogP contribution in [0.4, 0.5) is 0 Å². The van der Waals surface area contributed by atoms with Crippen LogP contribution in [-0.2, 0) is 16.5 Å². The highest BCUT2D eigenvalue weighted by Crippen LogP contribution is 2.38. The summed E-state index contributed by atoms with van der Waals surface area (Å²) in [4.78, 5) is -0.0670. The quantitative estimate of drug-likeness (QED) is 0.486. The lowest BCUT2D eigenvalue weighted by Gasteiger charge is -2.16. The molecule has 3 aromatic carbocycles. The van der Waals surface area contributed by atoms with E-state index in [9.17, 15) is 13.0 Å². The Labute approximate surface area is 154 Å². The van der Waals surface area contributed by atoms with Crippen LogP contribution in [0.25, 0.3) is 21.5 Å². The topological polar surface area (TPSA) is 63.6 Å². The van der Waals surface area contributed by atoms with E-state index in [4.69, 9.17) is 4.74 Å². The Balaban J connectivity index is 2.48. The van der Waals surface area contributed by atoms with Crippen molar-refractivity contribution >= 4 is 31.7 Å². The predicted molar refractivity (Wildman–Crippen MR) is 106 cm³/mol. The van der Waals surface area contributed by atoms with Crippen LogP contribution >= 0.6 is 0 Å². The summed E-state index contributed by atoms with van der Waals surface area (Å²) in [6, 6.07) is 11.5. The third kappa shape index (κ3) is 3.29. The molecule has 0 aromatic heterocycles. The zero-order chi connectivity index (χ0) is 19.1. The second-order valence-electron chi connectivity index (χ2n) is 6.78. The molecule has 0 aliphatic heterocycles. The average Bonchev–Trinajstić information content (AvgIpc) is 2.59. The van der Waals surface area contributed by atoms with Crippen molar-refractivity contribution in [3.8, 4) is 5.75 Å². The van der Waals surface area contributed by atoms with E-state index in [1.165, 1.54) is 11.6 Å². The zero-order valence-corrected chi connectivity index (χ0v) is 16.4. The Hall–Kier alpha value is -2.11. The number of ether oxygens (including phenoxy) is 1. The van der Waals surface area contributed by atoms with E-state index in [1.54, 1.807) is 0 Å². The first-order valence-electron chi connectivity index (χ1n) is 8.89. The molecule has 4 nitrogen and oxygen atoms in total. The number of rotatable bonds is 5. The van der Waals surface area contributed by atoms with Gasteiger partial charge in [0.05, 0.1) is 6.61 Å². The second kappa shape index (κ2) is 6.89. The third-order valence-electron chi connectivity index (χ3n) is 4.72. The number of aryl methyl sites for hydroxylation is 1. The molecule has 0 aliphatic rings. The summed E-state index contributed by atoms with van der Waals surface area (Å²) in [5, 5.41) is 3.16. The fourth-order valence-corrected chi connectivity index (χ4v) is 4.07. The summed E-state index contributed by atoms with van der Waals surface area (Å²) in [6.45, 7) is 8.60. The predicted octanol–water partition coefficient (Wildman–Crippen LogP) is 5.32. The molecule has 138 valence electrons. The summed E-state index contributed by atoms with van der Waals surface area (Å²) < 4.78 is 39.6. The van der Waals surface area contributed by atoms with E-state index < -0.39 is 10.1 Å². The largest absolute Gasteiger partial charge is 0.493 e. The molecular weight excluding hydrogens is 348 g/mol. The number of hydrogen-bond acceptors (Lipinski definition) is 3. The van der Waals surface area contributed by atoms with E-state index in [1.807, 2.05) is 32.0 Å². The number of hydrogen-bond donors (Lipinski definition) is 1. The van der Waals surface area contributed by atoms with Crippen molar-refractivity contribution in [1.82, 2.24) is 0 Å². The van der Waals surface area contributed by atoms with Gasteiger partial charge in [-0.1, -0.05) is 39.0 Å². The molecule has 0 bridgehead atoms. The van der Waals surface area contributed by atoms with Crippen LogP contribution in [-0.4, -0.2) is 19.6 Å². The molecule has 0 saturated carbocycles. The van der Waals surface area contributed by atoms with Gasteiger partial charge in [0.1, 0.15) is 10.6 Å². The Morgan fingerprint density at radius 3 is 2.27 bits per heavy atom. The molecule has 0 unspecified atom stereocenters. The minimum atomic E-state index is -4.34. The minimum absolute atomic E-state index is 0.0670. The molecule has 0 atom stereocenters. The molecule has 0 aliphatic carbocycles. The monoisotopic (exact) mass is 372 g/mol. The zero-order valence-electron chi connectivity index (χ0n) is 15.5. The second-order valence-corrected chi connectivity index (χ2v) is 8.17. The van der Waals surface area contributed by atoms with Gasteiger partial charge in [-0.3, -0.25) is 4.55 Å². The number of fused-ring (bicyclic) bond motifs is 2. The van der Waals surface area contributed by atoms with Crippen LogP contribution in [0.3, 0.4) is 0 Å². The summed E-state index contributed by atoms with van der Waals surface area (Å²) in [5.41, 5.74) is 1.99. The standard InChI is InChI=1S/C21H24O4S/c1-5-14-12-20(26(22,23)24)18-10-16-8-7-15(13(3)4)9-17(16)11-19(18)21(14)25-6-2/h7-13H,5-6H2,1-4H3,(H,22,23,24). The van der Waals surface area contributed by atoms with E-state index in [2.05, 4.69) is 26.0 Å². The van der Waals surface area contributed by atoms with E-state index in [0.717, 1.165) is 16.3 Å². The van der Waals surface area contributed by atoms with Gasteiger partial charge in [0.2, 0.25) is 0 Å². The van der Waals surface area contributed by atoms with Crippen molar-refractivity contribution in [2.45, 2.75) is 44.9 Å². The van der Waals surface area contributed by atoms with Crippen molar-refractivity contribution in [2.24, 2.45) is 0 Å². The highest BCUT2D eigenvalue weighted by molar-refractivity contribution is 7.86. The van der Waals surface area contributed by atoms with Gasteiger partial charge in [-0.25, -0.2) is 0 Å². The van der Waals surface area contributed by atoms with Crippen LogP contribution in [0.1, 0.15) is 44.7 Å². The van der Waals surface area contributed by atoms with Gasteiger partial charge in [0.15, 0.2) is 0 Å². The van der Waals surface area contributed by atoms with Crippen molar-refractivity contribution in [1.29, 1.82) is 0 Å². The van der Waals surface area contributed by atoms with Crippen molar-refractivity contribution < 1.29 is 17.7 Å². The maximum atomic E-state index is 12.0. The fourth-order valence-electron chi connectivity index (χ4n) is 3.33. The normalized spacial score (nSPS) is 12.2. The molecule has 0 radical (unpaired) electrons. The smallest absolute Gasteiger partial charge is 0.295 e. The van der Waals surface area contributed by atoms with E-state index in [0.29, 0.717) is 35.5 Å². The van der Waals surface area contributed by atoms with Crippen molar-refractivity contribution in [2.75, 3.05) is 6.61 Å². The van der Waals surface area contributed by atoms with Crippen LogP contribution in [0.15, 0.2) is 41.3 Å². The first-order chi connectivity index (χ1) is 12.3. The molecule has 26 heavy (non-hydrogen) atoms. The van der Waals surface area contributed by atoms with Gasteiger partial charge in [0.25, 0.3) is 10.1 Å². The number of benzene rings is 3. The van der Waals surface area contributed by atoms with Gasteiger partial charge < -0.3 is 4.74 Å². The maximum Gasteiger partial charge on any atom is 0.295 e. The van der Waals surface area contributed by atoms with Crippen molar-refractivity contribution in [3.05, 3.63) is 47.5 Å². The molecule has 0 spiro atoms. The molecule has 3 rings (SSSR count). The maximum absolute atomic E-state index is 12.0. The SMILES string of the molecule is CCOc1c(CC)cc(S(=O)(=O)O)c2cc3ccc(C(C)C)cc3cc12. The van der Waals surface area contributed by atoms with Gasteiger partial charge in [-0.05, 0) is 59.4 Å². The molecular formula is C21H24O4S. The summed E-state index contributed by atoms with van der Waals surface area (Å²) in [6.07, 6.45) is 0.609. The van der Waals surface area contributed by atoms with Gasteiger partial charge in [-0.15, -0.1) is 0 Å². The Morgan fingerprint density at radius 1 is 1.00 bits per heavy atom. The molecule has 3 aromatic rings. The van der Waals surface area contributed by atoms with Crippen LogP contribution < -0.4 is 4.74 Å². The Bertz CT molecular complexity index is 1080. The van der Waals surface area contributed by atoms with Crippen LogP contribution in [0.5, 0.6) is 5.75 Å². The molecule has 0 amide bonds. The lowest BCUT2D eigenvalue weighted by atomic mass is 9.95. The third-order valence-corrected chi connectivity index (χ3v) is 5.62. The van der Waals surface area contributed by atoms with E-state index >= 15 is 0 Å². The fraction of sp³-hybridized carbons (Fsp3) is 0.333. The van der Waals surface area contributed by atoms with Crippen LogP contribution in [0, 0.1) is 0 Å². The highest BCUT2D eigenvalue weighted by Gasteiger charge is 2.20. The first kappa shape index (κ1) is 18.7. The molecule has 1 N–H and O–H groups in total. The minimum Gasteiger partial charge on any atom is -0.493 e. The molecule has 5 heteroatoms. The lowest BCUT2D eigenvalue weighted by molar-refractivity contribution is 0.341. The average molecular weight is 372 g/mol. The first-order valence-corrected chi connectivity index (χ1v) is 10.3. The van der Waals surface area contributed by atoms with Crippen molar-refractivity contribution in [3.63, 3.8) is 0 Å². The molecule has 0 heterocycles. The molecule has 0 fully saturated rings. The van der Waals surface area contributed by atoms with E-state index in [-0.39, 0.29) is 4.90 Å². The summed E-state index contributed by atoms with van der Waals surface area (Å²) >= 11 is 0. The van der Waals surface area contributed by atoms with Gasteiger partial charge in [0, 0.05) is 10.8 Å². The van der Waals surface area contributed by atoms with Gasteiger partial charge in [-0.2, -0.15) is 8.42 Å².